The Bertz CT molecular complexity index is 2120. The molecule has 1 amide bonds. The molecule has 9 atom stereocenters. The topological polar surface area (TPSA) is 229 Å². The van der Waals surface area contributed by atoms with Crippen LogP contribution in [0.15, 0.2) is 46.3 Å². The number of rotatable bonds is 5. The van der Waals surface area contributed by atoms with E-state index in [0.29, 0.717) is 0 Å². The number of ether oxygens (including phenoxy) is 4. The lowest BCUT2D eigenvalue weighted by Crippen LogP contribution is -2.46. The van der Waals surface area contributed by atoms with Crippen LogP contribution in [0, 0.1) is 30.6 Å². The van der Waals surface area contributed by atoms with Crippen LogP contribution in [0.3, 0.4) is 0 Å². The molecule has 326 valence electrons. The molecule has 0 spiro atoms. The molecular formula is C44H58N4O12. The van der Waals surface area contributed by atoms with Gasteiger partial charge < -0.3 is 54.7 Å². The number of phenolic OH excluding ortho intramolecular Hbond substituents is 3. The van der Waals surface area contributed by atoms with Crippen LogP contribution in [-0.4, -0.2) is 111 Å². The zero-order chi connectivity index (χ0) is 44.2. The molecule has 4 aliphatic heterocycles. The summed E-state index contributed by atoms with van der Waals surface area (Å²) in [5, 5.41) is 68.6. The summed E-state index contributed by atoms with van der Waals surface area (Å²) in [6, 6.07) is 0. The summed E-state index contributed by atoms with van der Waals surface area (Å²) < 4.78 is 23.6. The van der Waals surface area contributed by atoms with Crippen LogP contribution in [0.5, 0.6) is 23.0 Å². The molecule has 0 radical (unpaired) electrons. The number of Topliss-reactive ketones (excluding diaryl/α,β-unsaturated/α-hetero) is 1. The van der Waals surface area contributed by atoms with Crippen molar-refractivity contribution in [3.05, 3.63) is 52.8 Å². The summed E-state index contributed by atoms with van der Waals surface area (Å²) in [5.74, 6) is -8.56. The Hall–Kier alpha value is -5.45. The molecule has 16 heteroatoms. The second kappa shape index (κ2) is 18.9. The smallest absolute Gasteiger partial charge is 0.312 e. The first-order valence-electron chi connectivity index (χ1n) is 20.2. The number of fused-ring (bicyclic) bond motifs is 14. The average molecular weight is 835 g/mol. The van der Waals surface area contributed by atoms with Crippen LogP contribution >= 0.6 is 0 Å². The minimum atomic E-state index is -2.06. The van der Waals surface area contributed by atoms with Crippen molar-refractivity contribution in [2.24, 2.45) is 33.9 Å². The van der Waals surface area contributed by atoms with Crippen LogP contribution < -0.4 is 10.1 Å². The number of nitrogens with one attached hydrogen (secondary N) is 1. The Morgan fingerprint density at radius 1 is 0.933 bits per heavy atom. The second-order valence-electron chi connectivity index (χ2n) is 16.2. The molecule has 6 N–H and O–H groups in total. The van der Waals surface area contributed by atoms with E-state index in [9.17, 15) is 39.9 Å². The number of ketones is 1. The monoisotopic (exact) mass is 834 g/mol. The molecule has 1 saturated heterocycles. The van der Waals surface area contributed by atoms with Gasteiger partial charge in [-0.05, 0) is 39.2 Å². The standard InChI is InChI=1S/C44H58N4O12/c1-22-14-13-15-23(2)43(56)47-34-29(20-45-46-21-48-17-11-10-12-18-48)38(53)31-32(39(34)54)37(52)27(6)41-33(31)42(55)44(8,60-41)58-19-16-30(57-9)24(3)40(59-28(7)49)26(5)36(51)25(4)35(22)50/h13-16,19-22,24-26,30,35-36,40,50-54H,10-12,17-18H2,1-9H3,(H,47,56)/b14-13+,19-16+,23-15-,45-20-,46-21-/t22-,24-,25-,26-,30+,35-,36-,40+,44-/m0/s1. The van der Waals surface area contributed by atoms with Gasteiger partial charge in [-0.2, -0.15) is 5.10 Å². The third-order valence-electron chi connectivity index (χ3n) is 11.9. The second-order valence-corrected chi connectivity index (χ2v) is 16.2. The van der Waals surface area contributed by atoms with Gasteiger partial charge in [0.15, 0.2) is 5.75 Å². The van der Waals surface area contributed by atoms with Gasteiger partial charge in [0.05, 0.1) is 53.0 Å². The lowest BCUT2D eigenvalue weighted by atomic mass is 9.78. The first kappa shape index (κ1) is 45.6. The van der Waals surface area contributed by atoms with Crippen LogP contribution in [0.25, 0.3) is 10.8 Å². The van der Waals surface area contributed by atoms with E-state index in [2.05, 4.69) is 15.5 Å². The number of amides is 1. The van der Waals surface area contributed by atoms with Gasteiger partial charge in [-0.1, -0.05) is 45.9 Å². The molecule has 6 rings (SSSR count). The number of aromatic hydroxyl groups is 3. The number of benzene rings is 2. The molecule has 0 aliphatic carbocycles. The summed E-state index contributed by atoms with van der Waals surface area (Å²) in [7, 11) is 1.43. The third kappa shape index (κ3) is 9.15. The highest BCUT2D eigenvalue weighted by Gasteiger charge is 2.50. The molecule has 60 heavy (non-hydrogen) atoms. The number of nitrogens with zero attached hydrogens (tertiary/aromatic N) is 3. The fourth-order valence-electron chi connectivity index (χ4n) is 8.10. The fourth-order valence-corrected chi connectivity index (χ4v) is 8.10. The minimum Gasteiger partial charge on any atom is -0.507 e. The molecule has 1 fully saturated rings. The molecule has 4 aliphatic rings. The SMILES string of the molecule is CO[C@@H]1/C=C/O[C@@]2(C)Oc3c(C)c(O)c4c(O)c(c(/C=N\N=C/N5CCCCC5)c(O)c4c3C2=O)NC(=O)/C(C)=C\C=C\[C@H](C)[C@H](O)[C@H](C)[C@H](O)[C@H](C)[C@H](OC(C)=O)[C@H]1C. The molecule has 2 aromatic rings. The lowest BCUT2D eigenvalue weighted by molar-refractivity contribution is -0.160. The van der Waals surface area contributed by atoms with Gasteiger partial charge in [-0.15, -0.1) is 5.10 Å². The summed E-state index contributed by atoms with van der Waals surface area (Å²) in [6.45, 7) is 14.1. The van der Waals surface area contributed by atoms with Crippen LogP contribution in [0.1, 0.15) is 89.2 Å². The normalized spacial score (nSPS) is 31.5. The van der Waals surface area contributed by atoms with Crippen molar-refractivity contribution in [2.75, 3.05) is 25.5 Å². The van der Waals surface area contributed by atoms with E-state index in [1.807, 2.05) is 4.90 Å². The maximum atomic E-state index is 14.4. The Morgan fingerprint density at radius 2 is 1.62 bits per heavy atom. The van der Waals surface area contributed by atoms with Crippen LogP contribution in [0.4, 0.5) is 5.69 Å². The molecule has 2 aromatic carbocycles. The molecule has 5 bridgehead atoms. The van der Waals surface area contributed by atoms with Gasteiger partial charge in [0.1, 0.15) is 29.7 Å². The number of allylic oxidation sites excluding steroid dienone is 2. The zero-order valence-corrected chi connectivity index (χ0v) is 35.6. The van der Waals surface area contributed by atoms with Gasteiger partial charge in [0.25, 0.3) is 11.7 Å². The van der Waals surface area contributed by atoms with Gasteiger partial charge >= 0.3 is 11.8 Å². The highest BCUT2D eigenvalue weighted by Crippen LogP contribution is 2.55. The molecule has 0 unspecified atom stereocenters. The number of anilines is 1. The summed E-state index contributed by atoms with van der Waals surface area (Å²) >= 11 is 0. The molecular weight excluding hydrogens is 776 g/mol. The predicted molar refractivity (Wildman–Crippen MR) is 225 cm³/mol. The van der Waals surface area contributed by atoms with E-state index in [1.165, 1.54) is 53.2 Å². The first-order chi connectivity index (χ1) is 28.3. The molecule has 4 heterocycles. The largest absolute Gasteiger partial charge is 0.507 e. The Kier molecular flexibility index (Phi) is 14.3. The van der Waals surface area contributed by atoms with Gasteiger partial charge in [0.2, 0.25) is 0 Å². The lowest BCUT2D eigenvalue weighted by Gasteiger charge is -2.38. The number of likely N-dealkylation sites (tertiary alicyclic amines) is 1. The number of piperidine rings is 1. The van der Waals surface area contributed by atoms with Crippen molar-refractivity contribution in [1.29, 1.82) is 0 Å². The van der Waals surface area contributed by atoms with Crippen molar-refractivity contribution in [1.82, 2.24) is 4.90 Å². The van der Waals surface area contributed by atoms with Crippen molar-refractivity contribution >= 4 is 46.7 Å². The number of aliphatic hydroxyl groups is 2. The number of methoxy groups -OCH3 is 1. The molecule has 0 saturated carbocycles. The van der Waals surface area contributed by atoms with E-state index < -0.39 is 88.8 Å². The number of aliphatic hydroxyl groups excluding tert-OH is 2. The minimum absolute atomic E-state index is 0.0408. The quantitative estimate of drug-likeness (QED) is 0.0539. The first-order valence-corrected chi connectivity index (χ1v) is 20.2. The van der Waals surface area contributed by atoms with Gasteiger partial charge in [0, 0.05) is 74.2 Å². The Morgan fingerprint density at radius 3 is 2.27 bits per heavy atom. The maximum Gasteiger partial charge on any atom is 0.312 e. The molecule has 16 nitrogen and oxygen atoms in total. The van der Waals surface area contributed by atoms with Gasteiger partial charge in [-0.25, -0.2) is 0 Å². The summed E-state index contributed by atoms with van der Waals surface area (Å²) in [5.41, 5.74) is -0.544. The van der Waals surface area contributed by atoms with E-state index in [-0.39, 0.29) is 44.5 Å². The summed E-state index contributed by atoms with van der Waals surface area (Å²) in [4.78, 5) is 42.4. The Balaban J connectivity index is 1.69. The van der Waals surface area contributed by atoms with Crippen LogP contribution in [-0.2, 0) is 23.8 Å². The van der Waals surface area contributed by atoms with Crippen molar-refractivity contribution in [3.8, 4) is 23.0 Å². The van der Waals surface area contributed by atoms with E-state index in [4.69, 9.17) is 18.9 Å². The van der Waals surface area contributed by atoms with Crippen molar-refractivity contribution in [3.63, 3.8) is 0 Å². The van der Waals surface area contributed by atoms with Crippen LogP contribution in [0.2, 0.25) is 0 Å². The highest BCUT2D eigenvalue weighted by atomic mass is 16.7. The fraction of sp³-hybridized carbons (Fsp3) is 0.523. The van der Waals surface area contributed by atoms with E-state index in [0.717, 1.165) is 38.6 Å². The number of carbonyl (C=O) groups is 3. The Labute approximate surface area is 349 Å². The number of carbonyl (C=O) groups excluding carboxylic acids is 3. The van der Waals surface area contributed by atoms with Crippen molar-refractivity contribution in [2.45, 2.75) is 105 Å². The number of hydrogen-bond acceptors (Lipinski definition) is 14. The third-order valence-corrected chi connectivity index (χ3v) is 11.9. The van der Waals surface area contributed by atoms with E-state index in [1.54, 1.807) is 46.2 Å². The predicted octanol–water partition coefficient (Wildman–Crippen LogP) is 5.60. The summed E-state index contributed by atoms with van der Waals surface area (Å²) in [6.07, 6.45) is 9.29. The van der Waals surface area contributed by atoms with Crippen molar-refractivity contribution < 1.29 is 58.9 Å². The van der Waals surface area contributed by atoms with E-state index >= 15 is 0 Å². The number of phenols is 3. The highest BCUT2D eigenvalue weighted by molar-refractivity contribution is 6.23. The average Bonchev–Trinajstić information content (AvgIpc) is 3.48. The number of esters is 1. The number of hydrogen-bond donors (Lipinski definition) is 6. The zero-order valence-electron chi connectivity index (χ0n) is 35.6. The van der Waals surface area contributed by atoms with Gasteiger partial charge in [-0.3, -0.25) is 14.4 Å². The molecule has 0 aromatic heterocycles. The maximum absolute atomic E-state index is 14.4.